The van der Waals surface area contributed by atoms with Crippen LogP contribution in [0.4, 0.5) is 0 Å². The van der Waals surface area contributed by atoms with Crippen molar-refractivity contribution in [2.24, 2.45) is 0 Å². The zero-order chi connectivity index (χ0) is 12.8. The zero-order valence-corrected chi connectivity index (χ0v) is 11.4. The lowest BCUT2D eigenvalue weighted by Gasteiger charge is -2.16. The number of ether oxygens (including phenoxy) is 1. The normalized spacial score (nSPS) is 15.1. The molecule has 0 aliphatic heterocycles. The highest BCUT2D eigenvalue weighted by Gasteiger charge is 2.25. The van der Waals surface area contributed by atoms with Gasteiger partial charge in [-0.05, 0) is 32.5 Å². The van der Waals surface area contributed by atoms with Crippen LogP contribution in [0, 0.1) is 0 Å². The number of nitrogens with one attached hydrogen (secondary N) is 1. The first kappa shape index (κ1) is 13.3. The van der Waals surface area contributed by atoms with Gasteiger partial charge in [0.15, 0.2) is 0 Å². The van der Waals surface area contributed by atoms with E-state index in [4.69, 9.17) is 4.74 Å². The Morgan fingerprint density at radius 2 is 2.33 bits per heavy atom. The Hall–Kier alpha value is -1.13. The van der Waals surface area contributed by atoms with Gasteiger partial charge < -0.3 is 15.0 Å². The molecule has 100 valence electrons. The molecule has 1 fully saturated rings. The van der Waals surface area contributed by atoms with E-state index in [0.717, 1.165) is 37.1 Å². The monoisotopic (exact) mass is 249 g/mol. The van der Waals surface area contributed by atoms with Crippen LogP contribution in [-0.4, -0.2) is 42.7 Å². The first-order valence-corrected chi connectivity index (χ1v) is 6.79. The summed E-state index contributed by atoms with van der Waals surface area (Å²) in [7, 11) is 2.17. The summed E-state index contributed by atoms with van der Waals surface area (Å²) in [6.07, 6.45) is 4.47. The summed E-state index contributed by atoms with van der Waals surface area (Å²) < 4.78 is 5.79. The van der Waals surface area contributed by atoms with Crippen LogP contribution in [0.3, 0.4) is 0 Å². The van der Waals surface area contributed by atoms with Crippen LogP contribution < -0.4 is 10.1 Å². The van der Waals surface area contributed by atoms with Gasteiger partial charge in [-0.2, -0.15) is 0 Å². The van der Waals surface area contributed by atoms with Crippen molar-refractivity contribution in [1.29, 1.82) is 0 Å². The van der Waals surface area contributed by atoms with Crippen LogP contribution in [0.5, 0.6) is 5.88 Å². The van der Waals surface area contributed by atoms with Crippen molar-refractivity contribution in [2.75, 3.05) is 26.7 Å². The SMILES string of the molecule is CCNCc1cccnc1OCCN(C)C1CC1. The molecule has 1 aliphatic rings. The summed E-state index contributed by atoms with van der Waals surface area (Å²) in [6, 6.07) is 4.81. The zero-order valence-electron chi connectivity index (χ0n) is 11.4. The number of aromatic nitrogens is 1. The minimum Gasteiger partial charge on any atom is -0.476 e. The average molecular weight is 249 g/mol. The third kappa shape index (κ3) is 3.96. The first-order chi connectivity index (χ1) is 8.81. The summed E-state index contributed by atoms with van der Waals surface area (Å²) in [5, 5.41) is 3.30. The Morgan fingerprint density at radius 1 is 1.50 bits per heavy atom. The predicted octanol–water partition coefficient (Wildman–Crippen LogP) is 1.66. The van der Waals surface area contributed by atoms with Gasteiger partial charge in [0.05, 0.1) is 0 Å². The van der Waals surface area contributed by atoms with Crippen LogP contribution >= 0.6 is 0 Å². The van der Waals surface area contributed by atoms with Crippen LogP contribution in [0.25, 0.3) is 0 Å². The van der Waals surface area contributed by atoms with Gasteiger partial charge in [-0.3, -0.25) is 0 Å². The van der Waals surface area contributed by atoms with Crippen molar-refractivity contribution in [1.82, 2.24) is 15.2 Å². The van der Waals surface area contributed by atoms with Gasteiger partial charge in [-0.25, -0.2) is 4.98 Å². The molecular weight excluding hydrogens is 226 g/mol. The summed E-state index contributed by atoms with van der Waals surface area (Å²) >= 11 is 0. The Labute approximate surface area is 109 Å². The molecule has 0 radical (unpaired) electrons. The maximum atomic E-state index is 5.79. The van der Waals surface area contributed by atoms with Crippen molar-refractivity contribution in [2.45, 2.75) is 32.4 Å². The standard InChI is InChI=1S/C14H23N3O/c1-3-15-11-12-5-4-8-16-14(12)18-10-9-17(2)13-6-7-13/h4-5,8,13,15H,3,6-7,9-11H2,1-2H3. The Balaban J connectivity index is 1.79. The molecule has 0 atom stereocenters. The van der Waals surface area contributed by atoms with E-state index in [2.05, 4.69) is 35.2 Å². The molecule has 1 aromatic rings. The number of likely N-dealkylation sites (N-methyl/N-ethyl adjacent to an activating group) is 1. The van der Waals surface area contributed by atoms with Crippen molar-refractivity contribution >= 4 is 0 Å². The van der Waals surface area contributed by atoms with Gasteiger partial charge in [0.25, 0.3) is 0 Å². The molecule has 1 N–H and O–H groups in total. The fourth-order valence-electron chi connectivity index (χ4n) is 1.93. The molecule has 4 nitrogen and oxygen atoms in total. The summed E-state index contributed by atoms with van der Waals surface area (Å²) in [6.45, 7) is 5.56. The minimum absolute atomic E-state index is 0.711. The molecule has 1 aliphatic carbocycles. The maximum Gasteiger partial charge on any atom is 0.217 e. The first-order valence-electron chi connectivity index (χ1n) is 6.79. The van der Waals surface area contributed by atoms with Crippen LogP contribution in [0.2, 0.25) is 0 Å². The van der Waals surface area contributed by atoms with Gasteiger partial charge in [0, 0.05) is 30.9 Å². The second kappa shape index (κ2) is 6.71. The second-order valence-corrected chi connectivity index (χ2v) is 4.81. The summed E-state index contributed by atoms with van der Waals surface area (Å²) in [5.41, 5.74) is 1.13. The summed E-state index contributed by atoms with van der Waals surface area (Å²) in [4.78, 5) is 6.68. The average Bonchev–Trinajstić information content (AvgIpc) is 3.22. The molecule has 1 aromatic heterocycles. The highest BCUT2D eigenvalue weighted by molar-refractivity contribution is 5.25. The molecular formula is C14H23N3O. The van der Waals surface area contributed by atoms with Crippen LogP contribution in [0.15, 0.2) is 18.3 Å². The molecule has 0 saturated heterocycles. The van der Waals surface area contributed by atoms with Gasteiger partial charge in [-0.15, -0.1) is 0 Å². The lowest BCUT2D eigenvalue weighted by molar-refractivity contribution is 0.224. The maximum absolute atomic E-state index is 5.79. The highest BCUT2D eigenvalue weighted by atomic mass is 16.5. The highest BCUT2D eigenvalue weighted by Crippen LogP contribution is 2.24. The smallest absolute Gasteiger partial charge is 0.217 e. The lowest BCUT2D eigenvalue weighted by atomic mass is 10.2. The van der Waals surface area contributed by atoms with Gasteiger partial charge >= 0.3 is 0 Å². The Bertz CT molecular complexity index is 366. The summed E-state index contributed by atoms with van der Waals surface area (Å²) in [5.74, 6) is 0.766. The molecule has 0 bridgehead atoms. The van der Waals surface area contributed by atoms with Gasteiger partial charge in [-0.1, -0.05) is 13.0 Å². The predicted molar refractivity (Wildman–Crippen MR) is 72.8 cm³/mol. The van der Waals surface area contributed by atoms with Crippen molar-refractivity contribution in [3.63, 3.8) is 0 Å². The molecule has 0 aromatic carbocycles. The molecule has 0 unspecified atom stereocenters. The number of pyridine rings is 1. The van der Waals surface area contributed by atoms with E-state index in [1.165, 1.54) is 12.8 Å². The van der Waals surface area contributed by atoms with Crippen LogP contribution in [-0.2, 0) is 6.54 Å². The quantitative estimate of drug-likeness (QED) is 0.760. The number of hydrogen-bond acceptors (Lipinski definition) is 4. The third-order valence-corrected chi connectivity index (χ3v) is 3.27. The molecule has 1 saturated carbocycles. The number of rotatable bonds is 8. The van der Waals surface area contributed by atoms with Crippen molar-refractivity contribution in [3.8, 4) is 5.88 Å². The molecule has 4 heteroatoms. The largest absolute Gasteiger partial charge is 0.476 e. The van der Waals surface area contributed by atoms with E-state index >= 15 is 0 Å². The topological polar surface area (TPSA) is 37.4 Å². The van der Waals surface area contributed by atoms with Gasteiger partial charge in [0.1, 0.15) is 6.61 Å². The molecule has 2 rings (SSSR count). The van der Waals surface area contributed by atoms with E-state index in [0.29, 0.717) is 6.61 Å². The second-order valence-electron chi connectivity index (χ2n) is 4.81. The van der Waals surface area contributed by atoms with Crippen LogP contribution in [0.1, 0.15) is 25.3 Å². The number of hydrogen-bond donors (Lipinski definition) is 1. The number of nitrogens with zero attached hydrogens (tertiary/aromatic N) is 2. The van der Waals surface area contributed by atoms with Gasteiger partial charge in [0.2, 0.25) is 5.88 Å². The van der Waals surface area contributed by atoms with E-state index in [9.17, 15) is 0 Å². The fraction of sp³-hybridized carbons (Fsp3) is 0.643. The Kier molecular flexibility index (Phi) is 4.96. The minimum atomic E-state index is 0.711. The van der Waals surface area contributed by atoms with E-state index in [1.54, 1.807) is 6.20 Å². The lowest BCUT2D eigenvalue weighted by Crippen LogP contribution is -2.26. The van der Waals surface area contributed by atoms with E-state index in [-0.39, 0.29) is 0 Å². The molecule has 0 amide bonds. The van der Waals surface area contributed by atoms with Crippen molar-refractivity contribution in [3.05, 3.63) is 23.9 Å². The molecule has 1 heterocycles. The van der Waals surface area contributed by atoms with Crippen molar-refractivity contribution < 1.29 is 4.74 Å². The fourth-order valence-corrected chi connectivity index (χ4v) is 1.93. The van der Waals surface area contributed by atoms with E-state index in [1.807, 2.05) is 6.07 Å². The Morgan fingerprint density at radius 3 is 3.06 bits per heavy atom. The third-order valence-electron chi connectivity index (χ3n) is 3.27. The molecule has 0 spiro atoms. The van der Waals surface area contributed by atoms with E-state index < -0.39 is 0 Å². The molecule has 18 heavy (non-hydrogen) atoms.